The molecular formula is C17H22FN5O4. The van der Waals surface area contributed by atoms with Gasteiger partial charge in [0.25, 0.3) is 0 Å². The van der Waals surface area contributed by atoms with Gasteiger partial charge in [-0.2, -0.15) is 0 Å². The minimum absolute atomic E-state index is 0.146. The predicted octanol–water partition coefficient (Wildman–Crippen LogP) is 0.599. The Morgan fingerprint density at radius 1 is 1.33 bits per heavy atom. The van der Waals surface area contributed by atoms with E-state index in [2.05, 4.69) is 20.8 Å². The van der Waals surface area contributed by atoms with Crippen LogP contribution in [-0.4, -0.2) is 59.0 Å². The number of nitrogens with zero attached hydrogens (tertiary/aromatic N) is 4. The summed E-state index contributed by atoms with van der Waals surface area (Å²) < 4.78 is 24.6. The van der Waals surface area contributed by atoms with E-state index in [-0.39, 0.29) is 19.4 Å². The zero-order valence-electron chi connectivity index (χ0n) is 15.4. The van der Waals surface area contributed by atoms with Gasteiger partial charge in [0.2, 0.25) is 5.91 Å². The van der Waals surface area contributed by atoms with Crippen LogP contribution < -0.4 is 5.32 Å². The summed E-state index contributed by atoms with van der Waals surface area (Å²) in [7, 11) is 2.73. The van der Waals surface area contributed by atoms with Crippen molar-refractivity contribution in [3.63, 3.8) is 0 Å². The first-order chi connectivity index (χ1) is 13.0. The van der Waals surface area contributed by atoms with Crippen LogP contribution in [0.15, 0.2) is 24.3 Å². The van der Waals surface area contributed by atoms with E-state index in [1.807, 2.05) is 0 Å². The lowest BCUT2D eigenvalue weighted by Crippen LogP contribution is -2.46. The molecule has 0 radical (unpaired) electrons. The van der Waals surface area contributed by atoms with Crippen molar-refractivity contribution >= 4 is 11.9 Å². The molecule has 2 atom stereocenters. The number of hydrogen-bond donors (Lipinski definition) is 1. The molecule has 1 aromatic heterocycles. The summed E-state index contributed by atoms with van der Waals surface area (Å²) in [5.41, 5.74) is 0.594. The number of tetrazole rings is 1. The van der Waals surface area contributed by atoms with E-state index in [1.165, 1.54) is 31.0 Å². The lowest BCUT2D eigenvalue weighted by atomic mass is 10.0. The summed E-state index contributed by atoms with van der Waals surface area (Å²) in [5.74, 6) is -1.06. The zero-order chi connectivity index (χ0) is 19.8. The Balaban J connectivity index is 2.25. The van der Waals surface area contributed by atoms with Crippen molar-refractivity contribution in [1.82, 2.24) is 25.5 Å². The van der Waals surface area contributed by atoms with Crippen LogP contribution in [0.25, 0.3) is 0 Å². The average Bonchev–Trinajstić information content (AvgIpc) is 3.08. The van der Waals surface area contributed by atoms with Crippen molar-refractivity contribution in [3.05, 3.63) is 41.5 Å². The van der Waals surface area contributed by atoms with Crippen LogP contribution in [0.5, 0.6) is 0 Å². The Hall–Kier alpha value is -2.88. The molecule has 0 spiro atoms. The van der Waals surface area contributed by atoms with Gasteiger partial charge in [-0.3, -0.25) is 4.79 Å². The second kappa shape index (κ2) is 9.72. The number of amides is 1. The maximum atomic E-state index is 13.5. The van der Waals surface area contributed by atoms with Crippen molar-refractivity contribution in [2.75, 3.05) is 20.8 Å². The van der Waals surface area contributed by atoms with Crippen LogP contribution in [0, 0.1) is 12.7 Å². The molecule has 0 aliphatic rings. The molecule has 146 valence electrons. The molecule has 2 aromatic rings. The zero-order valence-corrected chi connectivity index (χ0v) is 15.4. The van der Waals surface area contributed by atoms with Crippen LogP contribution in [0.3, 0.4) is 0 Å². The molecule has 0 saturated carbocycles. The first kappa shape index (κ1) is 20.4. The number of methoxy groups -OCH3 is 2. The van der Waals surface area contributed by atoms with E-state index >= 15 is 0 Å². The fraction of sp³-hybridized carbons (Fsp3) is 0.471. The first-order valence-corrected chi connectivity index (χ1v) is 8.32. The van der Waals surface area contributed by atoms with Gasteiger partial charge in [-0.15, -0.1) is 5.10 Å². The number of carbonyl (C=O) groups excluding carboxylic acids is 2. The van der Waals surface area contributed by atoms with Crippen molar-refractivity contribution in [1.29, 1.82) is 0 Å². The molecule has 0 fully saturated rings. The number of halogens is 1. The van der Waals surface area contributed by atoms with E-state index in [0.717, 1.165) is 0 Å². The van der Waals surface area contributed by atoms with E-state index in [0.29, 0.717) is 11.4 Å². The highest BCUT2D eigenvalue weighted by molar-refractivity contribution is 5.86. The molecule has 0 saturated heterocycles. The van der Waals surface area contributed by atoms with Crippen molar-refractivity contribution in [2.45, 2.75) is 31.8 Å². The van der Waals surface area contributed by atoms with E-state index in [1.54, 1.807) is 19.1 Å². The van der Waals surface area contributed by atoms with Crippen LogP contribution in [-0.2, 0) is 25.5 Å². The highest BCUT2D eigenvalue weighted by Gasteiger charge is 2.29. The Kier molecular flexibility index (Phi) is 7.35. The number of ether oxygens (including phenoxy) is 2. The summed E-state index contributed by atoms with van der Waals surface area (Å²) in [6, 6.07) is 4.17. The van der Waals surface area contributed by atoms with Gasteiger partial charge in [-0.1, -0.05) is 12.1 Å². The third-order valence-electron chi connectivity index (χ3n) is 3.99. The van der Waals surface area contributed by atoms with Gasteiger partial charge in [0.1, 0.15) is 23.7 Å². The average molecular weight is 379 g/mol. The molecule has 1 heterocycles. The molecule has 9 nitrogen and oxygen atoms in total. The molecule has 0 aliphatic carbocycles. The highest BCUT2D eigenvalue weighted by atomic mass is 19.1. The lowest BCUT2D eigenvalue weighted by Gasteiger charge is -2.21. The fourth-order valence-corrected chi connectivity index (χ4v) is 2.60. The molecule has 0 bridgehead atoms. The minimum Gasteiger partial charge on any atom is -0.467 e. The number of nitrogens with one attached hydrogen (secondary N) is 1. The quantitative estimate of drug-likeness (QED) is 0.636. The summed E-state index contributed by atoms with van der Waals surface area (Å²) in [5, 5.41) is 13.9. The van der Waals surface area contributed by atoms with E-state index in [9.17, 15) is 14.0 Å². The van der Waals surface area contributed by atoms with Gasteiger partial charge in [0.05, 0.1) is 7.11 Å². The van der Waals surface area contributed by atoms with Gasteiger partial charge >= 0.3 is 5.97 Å². The second-order valence-corrected chi connectivity index (χ2v) is 5.89. The summed E-state index contributed by atoms with van der Waals surface area (Å²) >= 11 is 0. The Morgan fingerprint density at radius 2 is 2.11 bits per heavy atom. The van der Waals surface area contributed by atoms with Crippen LogP contribution in [0.1, 0.15) is 23.9 Å². The van der Waals surface area contributed by atoms with Gasteiger partial charge in [0, 0.05) is 26.6 Å². The molecule has 27 heavy (non-hydrogen) atoms. The summed E-state index contributed by atoms with van der Waals surface area (Å²) in [6.07, 6.45) is 0.393. The SMILES string of the molecule is COCC[C@@H](NC(=O)[C@@H](Cc1cccc(F)c1)n1nnnc1C)C(=O)OC. The molecule has 0 aliphatic heterocycles. The van der Waals surface area contributed by atoms with Crippen LogP contribution >= 0.6 is 0 Å². The van der Waals surface area contributed by atoms with Gasteiger partial charge in [-0.25, -0.2) is 13.9 Å². The van der Waals surface area contributed by atoms with Gasteiger partial charge in [0.15, 0.2) is 0 Å². The normalized spacial score (nSPS) is 13.0. The van der Waals surface area contributed by atoms with Gasteiger partial charge in [-0.05, 0) is 35.0 Å². The lowest BCUT2D eigenvalue weighted by molar-refractivity contribution is -0.146. The number of rotatable bonds is 9. The largest absolute Gasteiger partial charge is 0.467 e. The fourth-order valence-electron chi connectivity index (χ4n) is 2.60. The maximum Gasteiger partial charge on any atom is 0.328 e. The summed E-state index contributed by atoms with van der Waals surface area (Å²) in [4.78, 5) is 24.9. The number of carbonyl (C=O) groups is 2. The standard InChI is InChI=1S/C17H22FN5O4/c1-11-20-21-22-23(11)15(10-12-5-4-6-13(18)9-12)16(24)19-14(7-8-26-2)17(25)27-3/h4-6,9,14-15H,7-8,10H2,1-3H3,(H,19,24)/t14-,15-/m1/s1. The second-order valence-electron chi connectivity index (χ2n) is 5.89. The third-order valence-corrected chi connectivity index (χ3v) is 3.99. The Morgan fingerprint density at radius 3 is 2.70 bits per heavy atom. The predicted molar refractivity (Wildman–Crippen MR) is 92.1 cm³/mol. The number of hydrogen-bond acceptors (Lipinski definition) is 7. The Labute approximate surface area is 155 Å². The first-order valence-electron chi connectivity index (χ1n) is 8.32. The molecule has 1 amide bonds. The van der Waals surface area contributed by atoms with Crippen LogP contribution in [0.2, 0.25) is 0 Å². The number of aromatic nitrogens is 4. The molecular weight excluding hydrogens is 357 g/mol. The molecule has 10 heteroatoms. The maximum absolute atomic E-state index is 13.5. The third kappa shape index (κ3) is 5.55. The van der Waals surface area contributed by atoms with Crippen LogP contribution in [0.4, 0.5) is 4.39 Å². The van der Waals surface area contributed by atoms with Crippen molar-refractivity contribution in [2.24, 2.45) is 0 Å². The topological polar surface area (TPSA) is 108 Å². The highest BCUT2D eigenvalue weighted by Crippen LogP contribution is 2.16. The molecule has 2 rings (SSSR count). The smallest absolute Gasteiger partial charge is 0.328 e. The number of benzene rings is 1. The monoisotopic (exact) mass is 379 g/mol. The minimum atomic E-state index is -0.880. The van der Waals surface area contributed by atoms with Crippen molar-refractivity contribution in [3.8, 4) is 0 Å². The molecule has 1 aromatic carbocycles. The molecule has 1 N–H and O–H groups in total. The van der Waals surface area contributed by atoms with E-state index < -0.39 is 29.8 Å². The summed E-state index contributed by atoms with van der Waals surface area (Å²) in [6.45, 7) is 1.91. The number of esters is 1. The van der Waals surface area contributed by atoms with E-state index in [4.69, 9.17) is 9.47 Å². The van der Waals surface area contributed by atoms with Crippen molar-refractivity contribution < 1.29 is 23.5 Å². The van der Waals surface area contributed by atoms with Gasteiger partial charge < -0.3 is 14.8 Å². The number of aryl methyl sites for hydroxylation is 1. The molecule has 0 unspecified atom stereocenters. The Bertz CT molecular complexity index is 782.